The number of hydrogen-bond acceptors (Lipinski definition) is 3. The Bertz CT molecular complexity index is 486. The lowest BCUT2D eigenvalue weighted by Crippen LogP contribution is -2.59. The number of aromatic carboxylic acids is 1. The highest BCUT2D eigenvalue weighted by Gasteiger charge is 2.47. The predicted octanol–water partition coefficient (Wildman–Crippen LogP) is 2.38. The number of methoxy groups -OCH3 is 1. The summed E-state index contributed by atoms with van der Waals surface area (Å²) in [7, 11) is 1.62. The van der Waals surface area contributed by atoms with E-state index in [4.69, 9.17) is 9.84 Å². The molecule has 1 N–H and O–H groups in total. The van der Waals surface area contributed by atoms with Crippen LogP contribution in [0.5, 0.6) is 5.75 Å². The summed E-state index contributed by atoms with van der Waals surface area (Å²) in [6.07, 6.45) is 3.95. The van der Waals surface area contributed by atoms with Gasteiger partial charge in [-0.25, -0.2) is 4.79 Å². The van der Waals surface area contributed by atoms with Gasteiger partial charge in [-0.05, 0) is 31.0 Å². The van der Waals surface area contributed by atoms with Gasteiger partial charge in [0.25, 0.3) is 0 Å². The van der Waals surface area contributed by atoms with Crippen molar-refractivity contribution in [3.05, 3.63) is 23.8 Å². The van der Waals surface area contributed by atoms with Gasteiger partial charge in [-0.15, -0.1) is 0 Å². The van der Waals surface area contributed by atoms with Crippen LogP contribution in [0.25, 0.3) is 0 Å². The maximum atomic E-state index is 11.0. The maximum absolute atomic E-state index is 11.0. The summed E-state index contributed by atoms with van der Waals surface area (Å²) in [5.41, 5.74) is 1.75. The second-order valence-corrected chi connectivity index (χ2v) is 5.40. The highest BCUT2D eigenvalue weighted by Crippen LogP contribution is 2.50. The van der Waals surface area contributed by atoms with E-state index in [2.05, 4.69) is 4.90 Å². The van der Waals surface area contributed by atoms with Crippen molar-refractivity contribution >= 4 is 11.7 Å². The number of rotatable bonds is 3. The molecule has 0 aromatic heterocycles. The third-order valence-electron chi connectivity index (χ3n) is 4.23. The molecule has 4 nitrogen and oxygen atoms in total. The molecule has 1 aromatic carbocycles. The summed E-state index contributed by atoms with van der Waals surface area (Å²) < 4.78 is 5.32. The van der Waals surface area contributed by atoms with E-state index in [9.17, 15) is 4.79 Å². The van der Waals surface area contributed by atoms with E-state index >= 15 is 0 Å². The van der Waals surface area contributed by atoms with E-state index in [0.717, 1.165) is 24.5 Å². The molecule has 0 radical (unpaired) electrons. The lowest BCUT2D eigenvalue weighted by Gasteiger charge is -2.57. The summed E-state index contributed by atoms with van der Waals surface area (Å²) in [6.45, 7) is 2.07. The van der Waals surface area contributed by atoms with Crippen LogP contribution in [0.15, 0.2) is 18.2 Å². The molecule has 1 saturated heterocycles. The minimum atomic E-state index is -0.891. The van der Waals surface area contributed by atoms with E-state index in [0.29, 0.717) is 11.0 Å². The van der Waals surface area contributed by atoms with E-state index in [1.54, 1.807) is 25.3 Å². The van der Waals surface area contributed by atoms with Crippen LogP contribution in [0.2, 0.25) is 0 Å². The van der Waals surface area contributed by atoms with Crippen molar-refractivity contribution in [2.24, 2.45) is 5.41 Å². The van der Waals surface area contributed by atoms with Crippen LogP contribution in [0, 0.1) is 5.41 Å². The lowest BCUT2D eigenvalue weighted by molar-refractivity contribution is 0.0696. The Morgan fingerprint density at radius 1 is 1.39 bits per heavy atom. The van der Waals surface area contributed by atoms with Crippen molar-refractivity contribution in [2.75, 3.05) is 25.1 Å². The van der Waals surface area contributed by atoms with Gasteiger partial charge in [0.2, 0.25) is 0 Å². The van der Waals surface area contributed by atoms with Gasteiger partial charge >= 0.3 is 5.97 Å². The molecule has 0 atom stereocenters. The van der Waals surface area contributed by atoms with Crippen LogP contribution in [-0.2, 0) is 0 Å². The minimum absolute atomic E-state index is 0.320. The molecule has 2 aliphatic rings. The second-order valence-electron chi connectivity index (χ2n) is 5.40. The molecule has 4 heteroatoms. The van der Waals surface area contributed by atoms with Crippen molar-refractivity contribution in [2.45, 2.75) is 19.3 Å². The lowest BCUT2D eigenvalue weighted by atomic mass is 9.63. The molecular formula is C14H17NO3. The molecule has 1 aliphatic carbocycles. The molecule has 1 aliphatic heterocycles. The molecule has 0 unspecified atom stereocenters. The van der Waals surface area contributed by atoms with Gasteiger partial charge < -0.3 is 14.7 Å². The highest BCUT2D eigenvalue weighted by atomic mass is 16.5. The summed E-state index contributed by atoms with van der Waals surface area (Å²) in [5.74, 6) is -0.132. The third-order valence-corrected chi connectivity index (χ3v) is 4.23. The molecule has 1 aromatic rings. The zero-order chi connectivity index (χ0) is 12.8. The number of anilines is 1. The van der Waals surface area contributed by atoms with Gasteiger partial charge in [-0.1, -0.05) is 6.42 Å². The largest absolute Gasteiger partial charge is 0.495 e. The average molecular weight is 247 g/mol. The first-order chi connectivity index (χ1) is 8.63. The maximum Gasteiger partial charge on any atom is 0.335 e. The average Bonchev–Trinajstić information content (AvgIpc) is 2.25. The summed E-state index contributed by atoms with van der Waals surface area (Å²) in [5, 5.41) is 9.05. The molecule has 0 amide bonds. The van der Waals surface area contributed by atoms with Crippen LogP contribution < -0.4 is 9.64 Å². The SMILES string of the molecule is COc1ccc(C(=O)O)cc1N1CC2(CCC2)C1. The summed E-state index contributed by atoms with van der Waals surface area (Å²) in [4.78, 5) is 13.2. The number of hydrogen-bond donors (Lipinski definition) is 1. The Balaban J connectivity index is 1.85. The van der Waals surface area contributed by atoms with E-state index < -0.39 is 5.97 Å². The van der Waals surface area contributed by atoms with Crippen molar-refractivity contribution < 1.29 is 14.6 Å². The van der Waals surface area contributed by atoms with E-state index in [-0.39, 0.29) is 0 Å². The standard InChI is InChI=1S/C14H17NO3/c1-18-12-4-3-10(13(16)17)7-11(12)15-8-14(9-15)5-2-6-14/h3-4,7H,2,5-6,8-9H2,1H3,(H,16,17). The van der Waals surface area contributed by atoms with Gasteiger partial charge in [0.05, 0.1) is 18.4 Å². The Labute approximate surface area is 106 Å². The number of carboxylic acid groups (broad SMARTS) is 1. The summed E-state index contributed by atoms with van der Waals surface area (Å²) >= 11 is 0. The third kappa shape index (κ3) is 1.64. The fourth-order valence-electron chi connectivity index (χ4n) is 3.00. The molecule has 3 rings (SSSR count). The number of ether oxygens (including phenoxy) is 1. The van der Waals surface area contributed by atoms with Crippen LogP contribution in [0.3, 0.4) is 0 Å². The van der Waals surface area contributed by atoms with Crippen molar-refractivity contribution in [1.29, 1.82) is 0 Å². The van der Waals surface area contributed by atoms with Crippen LogP contribution in [0.4, 0.5) is 5.69 Å². The van der Waals surface area contributed by atoms with Crippen molar-refractivity contribution in [3.8, 4) is 5.75 Å². The monoisotopic (exact) mass is 247 g/mol. The molecule has 2 fully saturated rings. The van der Waals surface area contributed by atoms with Gasteiger partial charge in [0, 0.05) is 18.5 Å². The van der Waals surface area contributed by atoms with Crippen LogP contribution in [0.1, 0.15) is 29.6 Å². The molecule has 96 valence electrons. The Morgan fingerprint density at radius 2 is 2.11 bits per heavy atom. The van der Waals surface area contributed by atoms with E-state index in [1.165, 1.54) is 19.3 Å². The molecule has 18 heavy (non-hydrogen) atoms. The van der Waals surface area contributed by atoms with Gasteiger partial charge in [0.15, 0.2) is 0 Å². The smallest absolute Gasteiger partial charge is 0.335 e. The Morgan fingerprint density at radius 3 is 2.61 bits per heavy atom. The first-order valence-corrected chi connectivity index (χ1v) is 6.30. The van der Waals surface area contributed by atoms with Gasteiger partial charge in [-0.3, -0.25) is 0 Å². The molecule has 0 bridgehead atoms. The minimum Gasteiger partial charge on any atom is -0.495 e. The normalized spacial score (nSPS) is 20.2. The quantitative estimate of drug-likeness (QED) is 0.891. The fraction of sp³-hybridized carbons (Fsp3) is 0.500. The fourth-order valence-corrected chi connectivity index (χ4v) is 3.00. The zero-order valence-electron chi connectivity index (χ0n) is 10.5. The molecule has 1 spiro atoms. The zero-order valence-corrected chi connectivity index (χ0v) is 10.5. The van der Waals surface area contributed by atoms with Crippen molar-refractivity contribution in [3.63, 3.8) is 0 Å². The highest BCUT2D eigenvalue weighted by molar-refractivity contribution is 5.89. The Hall–Kier alpha value is -1.71. The summed E-state index contributed by atoms with van der Waals surface area (Å²) in [6, 6.07) is 5.04. The van der Waals surface area contributed by atoms with Crippen LogP contribution >= 0.6 is 0 Å². The predicted molar refractivity (Wildman–Crippen MR) is 68.5 cm³/mol. The topological polar surface area (TPSA) is 49.8 Å². The first-order valence-electron chi connectivity index (χ1n) is 6.30. The van der Waals surface area contributed by atoms with E-state index in [1.807, 2.05) is 0 Å². The molecule has 1 saturated carbocycles. The number of carboxylic acids is 1. The van der Waals surface area contributed by atoms with Crippen molar-refractivity contribution in [1.82, 2.24) is 0 Å². The molecule has 1 heterocycles. The number of benzene rings is 1. The Kier molecular flexibility index (Phi) is 2.47. The second kappa shape index (κ2) is 3.90. The van der Waals surface area contributed by atoms with Crippen LogP contribution in [-0.4, -0.2) is 31.3 Å². The molecular weight excluding hydrogens is 230 g/mol. The van der Waals surface area contributed by atoms with Gasteiger partial charge in [0.1, 0.15) is 5.75 Å². The number of nitrogens with zero attached hydrogens (tertiary/aromatic N) is 1. The number of carbonyl (C=O) groups is 1. The first kappa shape index (κ1) is 11.4. The van der Waals surface area contributed by atoms with Gasteiger partial charge in [-0.2, -0.15) is 0 Å².